The standard InChI is InChI=1S/C13H15N3/c1-10-5-3-7-13(16-10)15-9-12-6-4-8-14-11(12)2/h3-8H,9H2,1-2H3,(H,15,16). The smallest absolute Gasteiger partial charge is 0.126 e. The molecule has 16 heavy (non-hydrogen) atoms. The first-order valence-electron chi connectivity index (χ1n) is 5.34. The molecule has 0 aliphatic rings. The monoisotopic (exact) mass is 213 g/mol. The fourth-order valence-corrected chi connectivity index (χ4v) is 1.53. The maximum absolute atomic E-state index is 4.39. The van der Waals surface area contributed by atoms with Crippen LogP contribution in [-0.4, -0.2) is 9.97 Å². The molecular formula is C13H15N3. The Kier molecular flexibility index (Phi) is 3.15. The molecule has 0 saturated carbocycles. The minimum Gasteiger partial charge on any atom is -0.366 e. The van der Waals surface area contributed by atoms with Crippen LogP contribution >= 0.6 is 0 Å². The minimum absolute atomic E-state index is 0.760. The molecule has 82 valence electrons. The Hall–Kier alpha value is -1.90. The van der Waals surface area contributed by atoms with Crippen LogP contribution in [0.25, 0.3) is 0 Å². The van der Waals surface area contributed by atoms with E-state index in [0.29, 0.717) is 0 Å². The van der Waals surface area contributed by atoms with E-state index in [-0.39, 0.29) is 0 Å². The Morgan fingerprint density at radius 2 is 2.00 bits per heavy atom. The summed E-state index contributed by atoms with van der Waals surface area (Å²) in [7, 11) is 0. The molecule has 0 atom stereocenters. The van der Waals surface area contributed by atoms with E-state index in [9.17, 15) is 0 Å². The lowest BCUT2D eigenvalue weighted by Gasteiger charge is -2.07. The van der Waals surface area contributed by atoms with Gasteiger partial charge < -0.3 is 5.32 Å². The molecule has 0 unspecified atom stereocenters. The van der Waals surface area contributed by atoms with Gasteiger partial charge in [-0.3, -0.25) is 4.98 Å². The molecule has 0 aromatic carbocycles. The number of nitrogens with one attached hydrogen (secondary N) is 1. The number of hydrogen-bond acceptors (Lipinski definition) is 3. The maximum Gasteiger partial charge on any atom is 0.126 e. The van der Waals surface area contributed by atoms with E-state index in [1.165, 1.54) is 5.56 Å². The van der Waals surface area contributed by atoms with Crippen molar-refractivity contribution in [1.29, 1.82) is 0 Å². The summed E-state index contributed by atoms with van der Waals surface area (Å²) in [6.45, 7) is 4.76. The molecule has 0 bridgehead atoms. The second-order valence-electron chi connectivity index (χ2n) is 3.77. The molecule has 1 N–H and O–H groups in total. The van der Waals surface area contributed by atoms with Gasteiger partial charge in [0, 0.05) is 24.1 Å². The highest BCUT2D eigenvalue weighted by Crippen LogP contribution is 2.08. The van der Waals surface area contributed by atoms with Crippen LogP contribution in [0.1, 0.15) is 17.0 Å². The summed E-state index contributed by atoms with van der Waals surface area (Å²) in [5.41, 5.74) is 3.28. The van der Waals surface area contributed by atoms with Gasteiger partial charge in [-0.2, -0.15) is 0 Å². The van der Waals surface area contributed by atoms with E-state index < -0.39 is 0 Å². The van der Waals surface area contributed by atoms with Gasteiger partial charge in [-0.25, -0.2) is 4.98 Å². The molecule has 2 aromatic heterocycles. The van der Waals surface area contributed by atoms with E-state index in [0.717, 1.165) is 23.8 Å². The predicted octanol–water partition coefficient (Wildman–Crippen LogP) is 2.71. The molecule has 2 rings (SSSR count). The summed E-state index contributed by atoms with van der Waals surface area (Å²) in [5, 5.41) is 3.29. The van der Waals surface area contributed by atoms with Crippen molar-refractivity contribution in [3.63, 3.8) is 0 Å². The molecule has 2 heterocycles. The molecule has 0 aliphatic heterocycles. The van der Waals surface area contributed by atoms with E-state index in [1.54, 1.807) is 0 Å². The third-order valence-corrected chi connectivity index (χ3v) is 2.46. The van der Waals surface area contributed by atoms with Crippen LogP contribution < -0.4 is 5.32 Å². The van der Waals surface area contributed by atoms with Crippen molar-refractivity contribution in [1.82, 2.24) is 9.97 Å². The predicted molar refractivity (Wildman–Crippen MR) is 65.3 cm³/mol. The summed E-state index contributed by atoms with van der Waals surface area (Å²) in [5.74, 6) is 0.906. The van der Waals surface area contributed by atoms with Gasteiger partial charge in [0.2, 0.25) is 0 Å². The molecular weight excluding hydrogens is 198 g/mol. The van der Waals surface area contributed by atoms with E-state index in [4.69, 9.17) is 0 Å². The number of rotatable bonds is 3. The van der Waals surface area contributed by atoms with E-state index in [2.05, 4.69) is 21.4 Å². The van der Waals surface area contributed by atoms with Gasteiger partial charge in [-0.1, -0.05) is 12.1 Å². The first kappa shape index (κ1) is 10.6. The van der Waals surface area contributed by atoms with Gasteiger partial charge in [-0.15, -0.1) is 0 Å². The molecule has 0 radical (unpaired) electrons. The molecule has 0 saturated heterocycles. The second kappa shape index (κ2) is 4.75. The summed E-state index contributed by atoms with van der Waals surface area (Å²) in [6, 6.07) is 9.98. The van der Waals surface area contributed by atoms with Crippen LogP contribution in [0.5, 0.6) is 0 Å². The summed E-state index contributed by atoms with van der Waals surface area (Å²) >= 11 is 0. The summed E-state index contributed by atoms with van der Waals surface area (Å²) in [6.07, 6.45) is 1.81. The number of aryl methyl sites for hydroxylation is 2. The fourth-order valence-electron chi connectivity index (χ4n) is 1.53. The molecule has 0 fully saturated rings. The van der Waals surface area contributed by atoms with E-state index >= 15 is 0 Å². The summed E-state index contributed by atoms with van der Waals surface area (Å²) < 4.78 is 0. The lowest BCUT2D eigenvalue weighted by molar-refractivity contribution is 1.03. The Bertz CT molecular complexity index is 480. The largest absolute Gasteiger partial charge is 0.366 e. The third-order valence-electron chi connectivity index (χ3n) is 2.46. The molecule has 3 nitrogen and oxygen atoms in total. The minimum atomic E-state index is 0.760. The Morgan fingerprint density at radius 3 is 2.75 bits per heavy atom. The van der Waals surface area contributed by atoms with Crippen molar-refractivity contribution in [2.45, 2.75) is 20.4 Å². The highest BCUT2D eigenvalue weighted by Gasteiger charge is 1.98. The lowest BCUT2D eigenvalue weighted by Crippen LogP contribution is -2.03. The lowest BCUT2D eigenvalue weighted by atomic mass is 10.2. The van der Waals surface area contributed by atoms with Crippen molar-refractivity contribution >= 4 is 5.82 Å². The quantitative estimate of drug-likeness (QED) is 0.851. The molecule has 3 heteroatoms. The van der Waals surface area contributed by atoms with Gasteiger partial charge in [0.05, 0.1) is 0 Å². The normalized spacial score (nSPS) is 10.1. The average molecular weight is 213 g/mol. The second-order valence-corrected chi connectivity index (χ2v) is 3.77. The molecule has 0 amide bonds. The number of anilines is 1. The Balaban J connectivity index is 2.05. The highest BCUT2D eigenvalue weighted by atomic mass is 15.0. The molecule has 2 aromatic rings. The van der Waals surface area contributed by atoms with Crippen LogP contribution in [0.15, 0.2) is 36.5 Å². The number of hydrogen-bond donors (Lipinski definition) is 1. The Morgan fingerprint density at radius 1 is 1.12 bits per heavy atom. The van der Waals surface area contributed by atoms with Crippen LogP contribution in [0, 0.1) is 13.8 Å². The van der Waals surface area contributed by atoms with Crippen molar-refractivity contribution in [3.05, 3.63) is 53.5 Å². The van der Waals surface area contributed by atoms with Crippen LogP contribution in [-0.2, 0) is 6.54 Å². The van der Waals surface area contributed by atoms with Crippen LogP contribution in [0.2, 0.25) is 0 Å². The first-order chi connectivity index (χ1) is 7.75. The van der Waals surface area contributed by atoms with E-state index in [1.807, 2.05) is 44.3 Å². The van der Waals surface area contributed by atoms with Crippen LogP contribution in [0.4, 0.5) is 5.82 Å². The van der Waals surface area contributed by atoms with Gasteiger partial charge in [0.15, 0.2) is 0 Å². The number of pyridine rings is 2. The van der Waals surface area contributed by atoms with Crippen molar-refractivity contribution in [3.8, 4) is 0 Å². The maximum atomic E-state index is 4.39. The van der Waals surface area contributed by atoms with Crippen molar-refractivity contribution < 1.29 is 0 Å². The van der Waals surface area contributed by atoms with Gasteiger partial charge in [0.1, 0.15) is 5.82 Å². The highest BCUT2D eigenvalue weighted by molar-refractivity contribution is 5.36. The SMILES string of the molecule is Cc1cccc(NCc2cccnc2C)n1. The topological polar surface area (TPSA) is 37.8 Å². The van der Waals surface area contributed by atoms with Crippen molar-refractivity contribution in [2.75, 3.05) is 5.32 Å². The van der Waals surface area contributed by atoms with Gasteiger partial charge in [-0.05, 0) is 37.6 Å². The zero-order valence-corrected chi connectivity index (χ0v) is 9.57. The Labute approximate surface area is 95.6 Å². The van der Waals surface area contributed by atoms with Gasteiger partial charge >= 0.3 is 0 Å². The first-order valence-corrected chi connectivity index (χ1v) is 5.34. The third kappa shape index (κ3) is 2.57. The fraction of sp³-hybridized carbons (Fsp3) is 0.231. The molecule has 0 aliphatic carbocycles. The van der Waals surface area contributed by atoms with Gasteiger partial charge in [0.25, 0.3) is 0 Å². The number of nitrogens with zero attached hydrogens (tertiary/aromatic N) is 2. The van der Waals surface area contributed by atoms with Crippen LogP contribution in [0.3, 0.4) is 0 Å². The summed E-state index contributed by atoms with van der Waals surface area (Å²) in [4.78, 5) is 8.63. The average Bonchev–Trinajstić information content (AvgIpc) is 2.28. The van der Waals surface area contributed by atoms with Crippen molar-refractivity contribution in [2.24, 2.45) is 0 Å². The zero-order valence-electron chi connectivity index (χ0n) is 9.57. The number of aromatic nitrogens is 2. The molecule has 0 spiro atoms. The zero-order chi connectivity index (χ0) is 11.4.